The van der Waals surface area contributed by atoms with Gasteiger partial charge in [0.15, 0.2) is 0 Å². The first kappa shape index (κ1) is 14.3. The highest BCUT2D eigenvalue weighted by Gasteiger charge is 2.33. The predicted molar refractivity (Wildman–Crippen MR) is 62.3 cm³/mol. The molecule has 0 saturated heterocycles. The number of carbonyl (C=O) groups is 1. The van der Waals surface area contributed by atoms with Gasteiger partial charge in [-0.1, -0.05) is 17.9 Å². The molecule has 18 heavy (non-hydrogen) atoms. The number of benzene rings is 1. The number of rotatable bonds is 3. The van der Waals surface area contributed by atoms with Gasteiger partial charge >= 0.3 is 6.18 Å². The molecule has 1 rings (SSSR count). The summed E-state index contributed by atoms with van der Waals surface area (Å²) in [4.78, 5) is 10.5. The summed E-state index contributed by atoms with van der Waals surface area (Å²) in [6, 6.07) is 3.36. The monoisotopic (exact) mass is 255 g/mol. The van der Waals surface area contributed by atoms with Gasteiger partial charge in [0.25, 0.3) is 0 Å². The van der Waals surface area contributed by atoms with Gasteiger partial charge in [0.05, 0.1) is 5.56 Å². The molecule has 0 unspecified atom stereocenters. The highest BCUT2D eigenvalue weighted by atomic mass is 19.4. The van der Waals surface area contributed by atoms with E-state index in [4.69, 9.17) is 0 Å². The Kier molecular flexibility index (Phi) is 4.93. The fourth-order valence-corrected chi connectivity index (χ4v) is 1.32. The molecule has 1 aromatic rings. The third-order valence-electron chi connectivity index (χ3n) is 2.21. The smallest absolute Gasteiger partial charge is 0.319 e. The van der Waals surface area contributed by atoms with E-state index in [2.05, 4.69) is 17.2 Å². The molecule has 0 bridgehead atoms. The van der Waals surface area contributed by atoms with Gasteiger partial charge < -0.3 is 5.32 Å². The molecule has 0 aromatic heterocycles. The molecule has 0 aliphatic heterocycles. The summed E-state index contributed by atoms with van der Waals surface area (Å²) in [6.45, 7) is 0.612. The van der Waals surface area contributed by atoms with E-state index in [-0.39, 0.29) is 11.1 Å². The van der Waals surface area contributed by atoms with E-state index in [1.165, 1.54) is 12.1 Å². The molecule has 0 spiro atoms. The van der Waals surface area contributed by atoms with Gasteiger partial charge in [0, 0.05) is 24.1 Å². The van der Waals surface area contributed by atoms with Crippen LogP contribution in [0.25, 0.3) is 0 Å². The zero-order valence-electron chi connectivity index (χ0n) is 9.77. The highest BCUT2D eigenvalue weighted by Crippen LogP contribution is 2.32. The number of hydrogen-bond acceptors (Lipinski definition) is 2. The van der Waals surface area contributed by atoms with Crippen LogP contribution in [0.2, 0.25) is 0 Å². The third-order valence-corrected chi connectivity index (χ3v) is 2.21. The molecular formula is C13H12F3NO. The molecule has 0 aliphatic rings. The number of alkyl halides is 3. The molecule has 0 heterocycles. The molecule has 0 atom stereocenters. The van der Waals surface area contributed by atoms with Gasteiger partial charge in [-0.25, -0.2) is 0 Å². The van der Waals surface area contributed by atoms with Gasteiger partial charge in [0.1, 0.15) is 6.29 Å². The van der Waals surface area contributed by atoms with Gasteiger partial charge in [-0.2, -0.15) is 13.2 Å². The molecule has 0 aliphatic carbocycles. The van der Waals surface area contributed by atoms with E-state index in [1.54, 1.807) is 7.05 Å². The number of aldehydes is 1. The minimum absolute atomic E-state index is 0.0110. The van der Waals surface area contributed by atoms with Crippen molar-refractivity contribution in [2.24, 2.45) is 0 Å². The average molecular weight is 255 g/mol. The van der Waals surface area contributed by atoms with Crippen molar-refractivity contribution < 1.29 is 18.0 Å². The first-order valence-electron chi connectivity index (χ1n) is 5.29. The molecule has 5 heteroatoms. The second-order valence-electron chi connectivity index (χ2n) is 3.58. The van der Waals surface area contributed by atoms with Crippen molar-refractivity contribution in [3.63, 3.8) is 0 Å². The van der Waals surface area contributed by atoms with Crippen LogP contribution in [0.3, 0.4) is 0 Å². The van der Waals surface area contributed by atoms with E-state index >= 15 is 0 Å². The Morgan fingerprint density at radius 3 is 2.67 bits per heavy atom. The fraction of sp³-hybridized carbons (Fsp3) is 0.308. The summed E-state index contributed by atoms with van der Waals surface area (Å²) < 4.78 is 38.2. The van der Waals surface area contributed by atoms with E-state index in [9.17, 15) is 18.0 Å². The topological polar surface area (TPSA) is 29.1 Å². The van der Waals surface area contributed by atoms with Crippen molar-refractivity contribution in [1.29, 1.82) is 0 Å². The Bertz CT molecular complexity index is 483. The summed E-state index contributed by atoms with van der Waals surface area (Å²) in [5.41, 5.74) is -0.989. The lowest BCUT2D eigenvalue weighted by Crippen LogP contribution is -2.09. The first-order valence-corrected chi connectivity index (χ1v) is 5.29. The van der Waals surface area contributed by atoms with Crippen LogP contribution >= 0.6 is 0 Å². The fourth-order valence-electron chi connectivity index (χ4n) is 1.32. The lowest BCUT2D eigenvalue weighted by atomic mass is 10.0. The molecule has 0 fully saturated rings. The number of halogens is 3. The zero-order valence-corrected chi connectivity index (χ0v) is 9.77. The van der Waals surface area contributed by atoms with Crippen molar-refractivity contribution in [1.82, 2.24) is 5.32 Å². The average Bonchev–Trinajstić information content (AvgIpc) is 2.33. The molecular weight excluding hydrogens is 243 g/mol. The summed E-state index contributed by atoms with van der Waals surface area (Å²) in [5, 5.41) is 2.85. The van der Waals surface area contributed by atoms with Crippen LogP contribution in [-0.2, 0) is 6.18 Å². The molecule has 96 valence electrons. The van der Waals surface area contributed by atoms with Crippen LogP contribution in [-0.4, -0.2) is 19.9 Å². The summed E-state index contributed by atoms with van der Waals surface area (Å²) >= 11 is 0. The van der Waals surface area contributed by atoms with Crippen molar-refractivity contribution in [3.8, 4) is 11.8 Å². The Balaban J connectivity index is 3.09. The maximum atomic E-state index is 12.7. The molecule has 0 radical (unpaired) electrons. The Morgan fingerprint density at radius 1 is 1.39 bits per heavy atom. The number of nitrogens with one attached hydrogen (secondary N) is 1. The second-order valence-corrected chi connectivity index (χ2v) is 3.58. The van der Waals surface area contributed by atoms with Crippen LogP contribution in [0.1, 0.15) is 27.9 Å². The van der Waals surface area contributed by atoms with Crippen LogP contribution in [0, 0.1) is 11.8 Å². The van der Waals surface area contributed by atoms with Crippen LogP contribution in [0.4, 0.5) is 13.2 Å². The van der Waals surface area contributed by atoms with Crippen molar-refractivity contribution in [2.75, 3.05) is 13.6 Å². The van der Waals surface area contributed by atoms with E-state index in [0.717, 1.165) is 6.07 Å². The Hall–Kier alpha value is -1.80. The van der Waals surface area contributed by atoms with Crippen LogP contribution in [0.15, 0.2) is 18.2 Å². The minimum Gasteiger partial charge on any atom is -0.319 e. The lowest BCUT2D eigenvalue weighted by Gasteiger charge is -2.09. The van der Waals surface area contributed by atoms with Crippen molar-refractivity contribution in [2.45, 2.75) is 12.6 Å². The SMILES string of the molecule is CNCCC#Cc1ccc(C=O)cc1C(F)(F)F. The Labute approximate surface area is 103 Å². The summed E-state index contributed by atoms with van der Waals surface area (Å²) in [6.07, 6.45) is -3.66. The maximum absolute atomic E-state index is 12.7. The van der Waals surface area contributed by atoms with Crippen molar-refractivity contribution >= 4 is 6.29 Å². The van der Waals surface area contributed by atoms with E-state index in [0.29, 0.717) is 19.3 Å². The quantitative estimate of drug-likeness (QED) is 0.510. The molecule has 1 aromatic carbocycles. The van der Waals surface area contributed by atoms with Crippen molar-refractivity contribution in [3.05, 3.63) is 34.9 Å². The molecule has 0 amide bonds. The Morgan fingerprint density at radius 2 is 2.11 bits per heavy atom. The van der Waals surface area contributed by atoms with Gasteiger partial charge in [-0.05, 0) is 19.2 Å². The van der Waals surface area contributed by atoms with E-state index < -0.39 is 11.7 Å². The van der Waals surface area contributed by atoms with Gasteiger partial charge in [-0.15, -0.1) is 0 Å². The molecule has 0 saturated carbocycles. The van der Waals surface area contributed by atoms with E-state index in [1.807, 2.05) is 0 Å². The normalized spacial score (nSPS) is 10.7. The number of carbonyl (C=O) groups excluding carboxylic acids is 1. The lowest BCUT2D eigenvalue weighted by molar-refractivity contribution is -0.137. The predicted octanol–water partition coefficient (Wildman–Crippen LogP) is 2.48. The largest absolute Gasteiger partial charge is 0.417 e. The van der Waals surface area contributed by atoms with Crippen LogP contribution < -0.4 is 5.32 Å². The maximum Gasteiger partial charge on any atom is 0.417 e. The standard InChI is InChI=1S/C13H12F3NO/c1-17-7-3-2-4-11-6-5-10(9-18)8-12(11)13(14,15)16/h5-6,8-9,17H,3,7H2,1H3. The highest BCUT2D eigenvalue weighted by molar-refractivity contribution is 5.75. The third kappa shape index (κ3) is 3.90. The first-order chi connectivity index (χ1) is 8.49. The summed E-state index contributed by atoms with van der Waals surface area (Å²) in [5.74, 6) is 5.13. The summed E-state index contributed by atoms with van der Waals surface area (Å²) in [7, 11) is 1.74. The molecule has 2 nitrogen and oxygen atoms in total. The van der Waals surface area contributed by atoms with Crippen LogP contribution in [0.5, 0.6) is 0 Å². The number of hydrogen-bond donors (Lipinski definition) is 1. The van der Waals surface area contributed by atoms with Gasteiger partial charge in [-0.3, -0.25) is 4.79 Å². The minimum atomic E-state index is -4.51. The molecule has 1 N–H and O–H groups in total. The zero-order chi connectivity index (χ0) is 13.6. The van der Waals surface area contributed by atoms with Gasteiger partial charge in [0.2, 0.25) is 0 Å². The second kappa shape index (κ2) is 6.22.